The second kappa shape index (κ2) is 5.84. The van der Waals surface area contributed by atoms with Crippen molar-refractivity contribution in [2.75, 3.05) is 27.4 Å². The molecule has 0 bridgehead atoms. The van der Waals surface area contributed by atoms with E-state index in [2.05, 4.69) is 0 Å². The van der Waals surface area contributed by atoms with E-state index < -0.39 is 8.60 Å². The van der Waals surface area contributed by atoms with Gasteiger partial charge in [0.1, 0.15) is 0 Å². The molecule has 1 saturated heterocycles. The van der Waals surface area contributed by atoms with Crippen LogP contribution in [0.2, 0.25) is 0 Å². The molecular formula is C7H15O4P. The van der Waals surface area contributed by atoms with Gasteiger partial charge in [-0.1, -0.05) is 0 Å². The summed E-state index contributed by atoms with van der Waals surface area (Å²) in [6.07, 6.45) is 2.45. The van der Waals surface area contributed by atoms with Gasteiger partial charge in [0.2, 0.25) is 0 Å². The molecule has 1 atom stereocenters. The van der Waals surface area contributed by atoms with E-state index in [1.54, 1.807) is 14.2 Å². The Bertz CT molecular complexity index is 110. The Morgan fingerprint density at radius 2 is 2.17 bits per heavy atom. The SMILES string of the molecule is COP(OC)OCC1CCCO1. The monoisotopic (exact) mass is 194 g/mol. The quantitative estimate of drug-likeness (QED) is 0.624. The van der Waals surface area contributed by atoms with E-state index in [4.69, 9.17) is 18.3 Å². The van der Waals surface area contributed by atoms with Crippen molar-refractivity contribution in [3.63, 3.8) is 0 Å². The molecular weight excluding hydrogens is 179 g/mol. The second-order valence-electron chi connectivity index (χ2n) is 2.52. The first-order valence-corrected chi connectivity index (χ1v) is 5.09. The van der Waals surface area contributed by atoms with E-state index in [-0.39, 0.29) is 6.10 Å². The molecule has 1 fully saturated rings. The topological polar surface area (TPSA) is 36.9 Å². The van der Waals surface area contributed by atoms with Crippen molar-refractivity contribution in [1.82, 2.24) is 0 Å². The summed E-state index contributed by atoms with van der Waals surface area (Å²) in [6.45, 7) is 1.43. The van der Waals surface area contributed by atoms with Crippen LogP contribution in [0.3, 0.4) is 0 Å². The molecule has 0 aromatic rings. The lowest BCUT2D eigenvalue weighted by Gasteiger charge is -2.14. The van der Waals surface area contributed by atoms with Crippen LogP contribution < -0.4 is 0 Å². The van der Waals surface area contributed by atoms with Gasteiger partial charge in [0.15, 0.2) is 0 Å². The maximum absolute atomic E-state index is 5.37. The third kappa shape index (κ3) is 3.33. The fourth-order valence-electron chi connectivity index (χ4n) is 1.10. The van der Waals surface area contributed by atoms with Crippen LogP contribution in [0.25, 0.3) is 0 Å². The zero-order valence-electron chi connectivity index (χ0n) is 7.49. The standard InChI is InChI=1S/C7H15O4P/c1-8-12(9-2)11-6-7-4-3-5-10-7/h7H,3-6H2,1-2H3. The van der Waals surface area contributed by atoms with Gasteiger partial charge in [0.05, 0.1) is 12.7 Å². The highest BCUT2D eigenvalue weighted by Gasteiger charge is 2.18. The minimum absolute atomic E-state index is 0.236. The summed E-state index contributed by atoms with van der Waals surface area (Å²) < 4.78 is 20.5. The van der Waals surface area contributed by atoms with E-state index in [1.807, 2.05) is 0 Å². The van der Waals surface area contributed by atoms with Crippen LogP contribution >= 0.6 is 8.60 Å². The Morgan fingerprint density at radius 3 is 2.67 bits per heavy atom. The van der Waals surface area contributed by atoms with Crippen LogP contribution in [0.5, 0.6) is 0 Å². The molecule has 1 rings (SSSR count). The second-order valence-corrected chi connectivity index (χ2v) is 3.96. The fraction of sp³-hybridized carbons (Fsp3) is 1.00. The zero-order valence-corrected chi connectivity index (χ0v) is 8.38. The Balaban J connectivity index is 2.06. The van der Waals surface area contributed by atoms with Gasteiger partial charge in [-0.25, -0.2) is 0 Å². The summed E-state index contributed by atoms with van der Waals surface area (Å²) in [7, 11) is 2.00. The summed E-state index contributed by atoms with van der Waals surface area (Å²) in [5.74, 6) is 0. The van der Waals surface area contributed by atoms with Gasteiger partial charge < -0.3 is 18.3 Å². The highest BCUT2D eigenvalue weighted by molar-refractivity contribution is 7.41. The number of hydrogen-bond donors (Lipinski definition) is 0. The molecule has 0 aliphatic carbocycles. The molecule has 0 amide bonds. The number of rotatable bonds is 5. The first kappa shape index (κ1) is 10.4. The summed E-state index contributed by atoms with van der Waals surface area (Å²) in [6, 6.07) is 0. The van der Waals surface area contributed by atoms with Crippen LogP contribution in [0.1, 0.15) is 12.8 Å². The lowest BCUT2D eigenvalue weighted by molar-refractivity contribution is 0.0590. The summed E-state index contributed by atoms with van der Waals surface area (Å²) in [4.78, 5) is 0. The van der Waals surface area contributed by atoms with E-state index in [1.165, 1.54) is 0 Å². The Morgan fingerprint density at radius 1 is 1.42 bits per heavy atom. The predicted molar refractivity (Wildman–Crippen MR) is 45.9 cm³/mol. The minimum atomic E-state index is -1.15. The normalized spacial score (nSPS) is 23.8. The van der Waals surface area contributed by atoms with Crippen LogP contribution in [-0.2, 0) is 18.3 Å². The molecule has 12 heavy (non-hydrogen) atoms. The molecule has 0 N–H and O–H groups in total. The van der Waals surface area contributed by atoms with E-state index in [0.717, 1.165) is 19.4 Å². The van der Waals surface area contributed by atoms with E-state index in [0.29, 0.717) is 6.61 Å². The molecule has 4 nitrogen and oxygen atoms in total. The Hall–Kier alpha value is 0.270. The van der Waals surface area contributed by atoms with Crippen LogP contribution in [0, 0.1) is 0 Å². The van der Waals surface area contributed by atoms with Gasteiger partial charge in [-0.3, -0.25) is 0 Å². The van der Waals surface area contributed by atoms with Crippen molar-refractivity contribution in [1.29, 1.82) is 0 Å². The molecule has 0 saturated carbocycles. The Labute approximate surface area is 74.1 Å². The zero-order chi connectivity index (χ0) is 8.81. The molecule has 5 heteroatoms. The molecule has 0 spiro atoms. The molecule has 0 radical (unpaired) electrons. The fourth-order valence-corrected chi connectivity index (χ4v) is 1.75. The van der Waals surface area contributed by atoms with Crippen molar-refractivity contribution in [3.05, 3.63) is 0 Å². The lowest BCUT2D eigenvalue weighted by atomic mass is 10.2. The lowest BCUT2D eigenvalue weighted by Crippen LogP contribution is -2.12. The highest BCUT2D eigenvalue weighted by Crippen LogP contribution is 2.37. The minimum Gasteiger partial charge on any atom is -0.376 e. The molecule has 1 aliphatic rings. The summed E-state index contributed by atoms with van der Waals surface area (Å²) in [5.41, 5.74) is 0. The molecule has 1 unspecified atom stereocenters. The molecule has 0 aromatic carbocycles. The van der Waals surface area contributed by atoms with Crippen molar-refractivity contribution in [3.8, 4) is 0 Å². The van der Waals surface area contributed by atoms with Crippen LogP contribution in [-0.4, -0.2) is 33.5 Å². The van der Waals surface area contributed by atoms with Gasteiger partial charge in [0, 0.05) is 20.8 Å². The molecule has 72 valence electrons. The maximum atomic E-state index is 5.37. The van der Waals surface area contributed by atoms with Crippen molar-refractivity contribution in [2.24, 2.45) is 0 Å². The first-order chi connectivity index (χ1) is 5.86. The number of ether oxygens (including phenoxy) is 1. The highest BCUT2D eigenvalue weighted by atomic mass is 31.2. The van der Waals surface area contributed by atoms with Crippen LogP contribution in [0.4, 0.5) is 0 Å². The van der Waals surface area contributed by atoms with E-state index in [9.17, 15) is 0 Å². The number of hydrogen-bond acceptors (Lipinski definition) is 4. The molecule has 0 aromatic heterocycles. The maximum Gasteiger partial charge on any atom is 0.332 e. The summed E-state index contributed by atoms with van der Waals surface area (Å²) >= 11 is 0. The van der Waals surface area contributed by atoms with Crippen molar-refractivity contribution >= 4 is 8.60 Å². The third-order valence-electron chi connectivity index (χ3n) is 1.69. The van der Waals surface area contributed by atoms with Gasteiger partial charge in [0.25, 0.3) is 0 Å². The van der Waals surface area contributed by atoms with Gasteiger partial charge in [-0.05, 0) is 12.8 Å². The van der Waals surface area contributed by atoms with Gasteiger partial charge in [-0.2, -0.15) is 0 Å². The van der Waals surface area contributed by atoms with Gasteiger partial charge >= 0.3 is 8.60 Å². The average Bonchev–Trinajstić information content (AvgIpc) is 2.59. The largest absolute Gasteiger partial charge is 0.376 e. The average molecular weight is 194 g/mol. The van der Waals surface area contributed by atoms with Crippen molar-refractivity contribution in [2.45, 2.75) is 18.9 Å². The first-order valence-electron chi connectivity index (χ1n) is 3.99. The molecule has 1 heterocycles. The molecule has 1 aliphatic heterocycles. The third-order valence-corrected chi connectivity index (χ3v) is 2.64. The summed E-state index contributed by atoms with van der Waals surface area (Å²) in [5, 5.41) is 0. The smallest absolute Gasteiger partial charge is 0.332 e. The Kier molecular flexibility index (Phi) is 5.04. The van der Waals surface area contributed by atoms with E-state index >= 15 is 0 Å². The van der Waals surface area contributed by atoms with Gasteiger partial charge in [-0.15, -0.1) is 0 Å². The van der Waals surface area contributed by atoms with Crippen molar-refractivity contribution < 1.29 is 18.3 Å². The predicted octanol–water partition coefficient (Wildman–Crippen LogP) is 1.70. The van der Waals surface area contributed by atoms with Crippen LogP contribution in [0.15, 0.2) is 0 Å².